The molecule has 1 aromatic carbocycles. The molecule has 0 spiro atoms. The molecule has 1 atom stereocenters. The quantitative estimate of drug-likeness (QED) is 0.298. The number of thiazole rings is 1. The van der Waals surface area contributed by atoms with Gasteiger partial charge in [0.15, 0.2) is 5.13 Å². The summed E-state index contributed by atoms with van der Waals surface area (Å²) in [6.07, 6.45) is 3.35. The van der Waals surface area contributed by atoms with Crippen molar-refractivity contribution in [1.82, 2.24) is 25.6 Å². The van der Waals surface area contributed by atoms with E-state index in [0.717, 1.165) is 45.4 Å². The molecule has 10 heteroatoms. The van der Waals surface area contributed by atoms with Gasteiger partial charge in [0.1, 0.15) is 0 Å². The van der Waals surface area contributed by atoms with Crippen LogP contribution in [-0.2, 0) is 6.54 Å². The normalized spacial score (nSPS) is 14.0. The predicted molar refractivity (Wildman–Crippen MR) is 136 cm³/mol. The Morgan fingerprint density at radius 2 is 1.94 bits per heavy atom. The number of nitrogens with one attached hydrogen (secondary N) is 4. The molecule has 180 valence electrons. The van der Waals surface area contributed by atoms with Gasteiger partial charge in [-0.2, -0.15) is 0 Å². The van der Waals surface area contributed by atoms with Gasteiger partial charge in [-0.15, -0.1) is 0 Å². The summed E-state index contributed by atoms with van der Waals surface area (Å²) in [5.41, 5.74) is 3.32. The molecule has 0 radical (unpaired) electrons. The standard InChI is InChI=1S/C24H31N7O2S/c1-14(2)28-24-27-13-21(34-24)20-10-19(30-22(31-20)25-11-15(3)32)18-7-5-4-6-16(18)12-26-23(33)29-17-8-9-17/h4-7,10,13-15,17,32H,8-9,11-12H2,1-3H3,(H,27,28)(H,25,30,31)(H2,26,29,33)/t15-/m0/s1. The van der Waals surface area contributed by atoms with E-state index in [9.17, 15) is 9.90 Å². The Hall–Kier alpha value is -3.24. The molecule has 3 aromatic rings. The fourth-order valence-corrected chi connectivity index (χ4v) is 4.22. The number of carbonyl (C=O) groups excluding carboxylic acids is 1. The lowest BCUT2D eigenvalue weighted by molar-refractivity contribution is 0.208. The van der Waals surface area contributed by atoms with Crippen molar-refractivity contribution in [2.75, 3.05) is 17.2 Å². The van der Waals surface area contributed by atoms with E-state index in [-0.39, 0.29) is 12.1 Å². The van der Waals surface area contributed by atoms with E-state index in [0.29, 0.717) is 25.1 Å². The number of amides is 2. The van der Waals surface area contributed by atoms with Gasteiger partial charge >= 0.3 is 6.03 Å². The number of nitrogens with zero attached hydrogens (tertiary/aromatic N) is 3. The molecule has 34 heavy (non-hydrogen) atoms. The van der Waals surface area contributed by atoms with E-state index in [1.54, 1.807) is 13.1 Å². The fraction of sp³-hybridized carbons (Fsp3) is 0.417. The first-order valence-electron chi connectivity index (χ1n) is 11.5. The van der Waals surface area contributed by atoms with Crippen molar-refractivity contribution in [3.8, 4) is 21.8 Å². The molecular formula is C24H31N7O2S. The number of hydrogen-bond donors (Lipinski definition) is 5. The average Bonchev–Trinajstić information content (AvgIpc) is 3.50. The lowest BCUT2D eigenvalue weighted by Crippen LogP contribution is -2.36. The minimum Gasteiger partial charge on any atom is -0.392 e. The summed E-state index contributed by atoms with van der Waals surface area (Å²) in [6.45, 7) is 6.55. The Morgan fingerprint density at radius 3 is 2.68 bits per heavy atom. The summed E-state index contributed by atoms with van der Waals surface area (Å²) in [4.78, 5) is 26.9. The molecule has 1 aliphatic rings. The second-order valence-electron chi connectivity index (χ2n) is 8.78. The number of anilines is 2. The highest BCUT2D eigenvalue weighted by Crippen LogP contribution is 2.32. The molecule has 0 aliphatic heterocycles. The van der Waals surface area contributed by atoms with Crippen LogP contribution in [0.1, 0.15) is 39.2 Å². The monoisotopic (exact) mass is 481 g/mol. The zero-order valence-corrected chi connectivity index (χ0v) is 20.4. The smallest absolute Gasteiger partial charge is 0.315 e. The molecule has 2 amide bonds. The molecule has 0 unspecified atom stereocenters. The molecule has 1 aliphatic carbocycles. The second kappa shape index (κ2) is 10.8. The summed E-state index contributed by atoms with van der Waals surface area (Å²) in [5, 5.41) is 22.9. The van der Waals surface area contributed by atoms with Crippen LogP contribution in [0.5, 0.6) is 0 Å². The number of hydrogen-bond acceptors (Lipinski definition) is 8. The van der Waals surface area contributed by atoms with Crippen LogP contribution < -0.4 is 21.3 Å². The van der Waals surface area contributed by atoms with Crippen LogP contribution in [0, 0.1) is 0 Å². The number of rotatable bonds is 10. The maximum Gasteiger partial charge on any atom is 0.315 e. The number of carbonyl (C=O) groups is 1. The van der Waals surface area contributed by atoms with Crippen LogP contribution in [0.2, 0.25) is 0 Å². The molecule has 2 heterocycles. The molecule has 0 saturated heterocycles. The van der Waals surface area contributed by atoms with Gasteiger partial charge in [0.05, 0.1) is 22.4 Å². The van der Waals surface area contributed by atoms with E-state index in [1.807, 2.05) is 30.3 Å². The van der Waals surface area contributed by atoms with Gasteiger partial charge in [0.2, 0.25) is 5.95 Å². The Kier molecular flexibility index (Phi) is 7.59. The van der Waals surface area contributed by atoms with E-state index >= 15 is 0 Å². The molecule has 1 saturated carbocycles. The van der Waals surface area contributed by atoms with Crippen molar-refractivity contribution < 1.29 is 9.90 Å². The predicted octanol–water partition coefficient (Wildman–Crippen LogP) is 3.84. The van der Waals surface area contributed by atoms with Crippen LogP contribution in [0.15, 0.2) is 36.5 Å². The molecule has 9 nitrogen and oxygen atoms in total. The van der Waals surface area contributed by atoms with Crippen molar-refractivity contribution in [3.05, 3.63) is 42.1 Å². The topological polar surface area (TPSA) is 124 Å². The van der Waals surface area contributed by atoms with Crippen molar-refractivity contribution >= 4 is 28.4 Å². The van der Waals surface area contributed by atoms with E-state index < -0.39 is 6.10 Å². The highest BCUT2D eigenvalue weighted by Gasteiger charge is 2.23. The Bertz CT molecular complexity index is 1130. The lowest BCUT2D eigenvalue weighted by atomic mass is 10.0. The van der Waals surface area contributed by atoms with Gasteiger partial charge in [0.25, 0.3) is 0 Å². The van der Waals surface area contributed by atoms with Crippen molar-refractivity contribution in [2.45, 2.75) is 58.3 Å². The third-order valence-electron chi connectivity index (χ3n) is 5.10. The number of aliphatic hydroxyl groups excluding tert-OH is 1. The van der Waals surface area contributed by atoms with Crippen molar-refractivity contribution in [2.24, 2.45) is 0 Å². The van der Waals surface area contributed by atoms with Crippen molar-refractivity contribution in [1.29, 1.82) is 0 Å². The Labute approximate surface area is 203 Å². The van der Waals surface area contributed by atoms with E-state index in [1.165, 1.54) is 11.3 Å². The van der Waals surface area contributed by atoms with Crippen LogP contribution in [0.4, 0.5) is 15.9 Å². The number of aromatic nitrogens is 3. The van der Waals surface area contributed by atoms with Crippen molar-refractivity contribution in [3.63, 3.8) is 0 Å². The van der Waals surface area contributed by atoms with Gasteiger partial charge in [-0.05, 0) is 45.2 Å². The maximum atomic E-state index is 12.1. The number of aliphatic hydroxyl groups is 1. The SMILES string of the molecule is CC(C)Nc1ncc(-c2cc(-c3ccccc3CNC(=O)NC3CC3)nc(NC[C@H](C)O)n2)s1. The van der Waals surface area contributed by atoms with Gasteiger partial charge in [0, 0.05) is 36.9 Å². The van der Waals surface area contributed by atoms with Crippen LogP contribution in [0.3, 0.4) is 0 Å². The fourth-order valence-electron chi connectivity index (χ4n) is 3.30. The van der Waals surface area contributed by atoms with Gasteiger partial charge in [-0.3, -0.25) is 0 Å². The largest absolute Gasteiger partial charge is 0.392 e. The molecule has 0 bridgehead atoms. The van der Waals surface area contributed by atoms with Crippen LogP contribution >= 0.6 is 11.3 Å². The zero-order valence-electron chi connectivity index (χ0n) is 19.6. The molecule has 1 fully saturated rings. The van der Waals surface area contributed by atoms with Crippen LogP contribution in [-0.4, -0.2) is 50.8 Å². The van der Waals surface area contributed by atoms with E-state index in [2.05, 4.69) is 45.1 Å². The average molecular weight is 482 g/mol. The summed E-state index contributed by atoms with van der Waals surface area (Å²) in [7, 11) is 0. The van der Waals surface area contributed by atoms with Gasteiger partial charge < -0.3 is 26.4 Å². The summed E-state index contributed by atoms with van der Waals surface area (Å²) >= 11 is 1.53. The first-order valence-corrected chi connectivity index (χ1v) is 12.4. The number of benzene rings is 1. The van der Waals surface area contributed by atoms with E-state index in [4.69, 9.17) is 4.98 Å². The molecule has 5 N–H and O–H groups in total. The molecular weight excluding hydrogens is 450 g/mol. The maximum absolute atomic E-state index is 12.1. The summed E-state index contributed by atoms with van der Waals surface area (Å²) in [6, 6.07) is 10.2. The summed E-state index contributed by atoms with van der Waals surface area (Å²) < 4.78 is 0. The lowest BCUT2D eigenvalue weighted by Gasteiger charge is -2.14. The second-order valence-corrected chi connectivity index (χ2v) is 9.81. The highest BCUT2D eigenvalue weighted by molar-refractivity contribution is 7.18. The third-order valence-corrected chi connectivity index (χ3v) is 6.05. The zero-order chi connectivity index (χ0) is 24.1. The first-order chi connectivity index (χ1) is 16.4. The third kappa shape index (κ3) is 6.64. The summed E-state index contributed by atoms with van der Waals surface area (Å²) in [5.74, 6) is 0.425. The molecule has 4 rings (SSSR count). The van der Waals surface area contributed by atoms with Crippen LogP contribution in [0.25, 0.3) is 21.8 Å². The minimum absolute atomic E-state index is 0.158. The highest BCUT2D eigenvalue weighted by atomic mass is 32.1. The Balaban J connectivity index is 1.63. The van der Waals surface area contributed by atoms with Gasteiger partial charge in [-0.25, -0.2) is 19.7 Å². The minimum atomic E-state index is -0.539. The first kappa shape index (κ1) is 23.9. The number of urea groups is 1. The Morgan fingerprint density at radius 1 is 1.18 bits per heavy atom. The molecule has 2 aromatic heterocycles. The van der Waals surface area contributed by atoms with Gasteiger partial charge in [-0.1, -0.05) is 35.6 Å².